The lowest BCUT2D eigenvalue weighted by Crippen LogP contribution is -2.50. The van der Waals surface area contributed by atoms with Crippen molar-refractivity contribution in [3.05, 3.63) is 33.8 Å². The maximum absolute atomic E-state index is 13.1. The predicted molar refractivity (Wildman–Crippen MR) is 119 cm³/mol. The van der Waals surface area contributed by atoms with Crippen LogP contribution < -0.4 is 5.32 Å². The van der Waals surface area contributed by atoms with Crippen LogP contribution in [0, 0.1) is 23.2 Å². The third-order valence-electron chi connectivity index (χ3n) is 8.06. The van der Waals surface area contributed by atoms with Crippen LogP contribution in [0.3, 0.4) is 0 Å². The molecule has 2 amide bonds. The smallest absolute Gasteiger partial charge is 0.251 e. The molecule has 30 heavy (non-hydrogen) atoms. The van der Waals surface area contributed by atoms with Crippen molar-refractivity contribution in [3.63, 3.8) is 0 Å². The zero-order chi connectivity index (χ0) is 20.9. The van der Waals surface area contributed by atoms with Gasteiger partial charge in [-0.05, 0) is 92.7 Å². The second-order valence-electron chi connectivity index (χ2n) is 10.4. The Morgan fingerprint density at radius 1 is 0.967 bits per heavy atom. The standard InChI is InChI=1S/C24H30Cl2N2O2/c25-20-2-1-18(10-21(20)26)23(30)27-19-3-5-28(6-4-19)22(29)14-24-11-15-7-16(12-24)9-17(8-15)13-24/h1-2,10,15-17,19H,3-9,11-14H2,(H,27,30). The lowest BCUT2D eigenvalue weighted by atomic mass is 9.49. The third-order valence-corrected chi connectivity index (χ3v) is 8.79. The van der Waals surface area contributed by atoms with Gasteiger partial charge in [0.15, 0.2) is 0 Å². The molecule has 1 heterocycles. The second-order valence-corrected chi connectivity index (χ2v) is 11.2. The Morgan fingerprint density at radius 2 is 1.57 bits per heavy atom. The van der Waals surface area contributed by atoms with Crippen molar-refractivity contribution in [1.29, 1.82) is 0 Å². The van der Waals surface area contributed by atoms with Gasteiger partial charge in [0.05, 0.1) is 10.0 Å². The maximum Gasteiger partial charge on any atom is 0.251 e. The van der Waals surface area contributed by atoms with Crippen molar-refractivity contribution in [3.8, 4) is 0 Å². The number of nitrogens with one attached hydrogen (secondary N) is 1. The topological polar surface area (TPSA) is 49.4 Å². The van der Waals surface area contributed by atoms with E-state index in [1.807, 2.05) is 4.90 Å². The number of likely N-dealkylation sites (tertiary alicyclic amines) is 1. The van der Waals surface area contributed by atoms with Gasteiger partial charge in [0.2, 0.25) is 5.91 Å². The molecule has 0 radical (unpaired) electrons. The van der Waals surface area contributed by atoms with Crippen LogP contribution in [0.4, 0.5) is 0 Å². The molecule has 1 saturated heterocycles. The lowest BCUT2D eigenvalue weighted by molar-refractivity contribution is -0.140. The van der Waals surface area contributed by atoms with E-state index in [0.717, 1.165) is 50.1 Å². The molecular formula is C24H30Cl2N2O2. The van der Waals surface area contributed by atoms with Crippen LogP contribution in [0.25, 0.3) is 0 Å². The molecule has 1 aromatic carbocycles. The molecule has 1 N–H and O–H groups in total. The summed E-state index contributed by atoms with van der Waals surface area (Å²) in [5.41, 5.74) is 0.815. The molecule has 4 aliphatic carbocycles. The molecule has 5 aliphatic rings. The molecule has 1 aromatic rings. The first-order valence-corrected chi connectivity index (χ1v) is 12.2. The van der Waals surface area contributed by atoms with Crippen molar-refractivity contribution >= 4 is 35.0 Å². The van der Waals surface area contributed by atoms with Gasteiger partial charge in [0, 0.05) is 31.1 Å². The number of hydrogen-bond acceptors (Lipinski definition) is 2. The highest BCUT2D eigenvalue weighted by Crippen LogP contribution is 2.61. The summed E-state index contributed by atoms with van der Waals surface area (Å²) in [6.45, 7) is 1.47. The summed E-state index contributed by atoms with van der Waals surface area (Å²) >= 11 is 12.0. The van der Waals surface area contributed by atoms with Crippen LogP contribution >= 0.6 is 23.2 Å². The first kappa shape index (κ1) is 20.6. The van der Waals surface area contributed by atoms with E-state index in [0.29, 0.717) is 26.9 Å². The molecule has 0 unspecified atom stereocenters. The number of benzene rings is 1. The molecule has 0 spiro atoms. The largest absolute Gasteiger partial charge is 0.349 e. The molecule has 0 aromatic heterocycles. The van der Waals surface area contributed by atoms with Crippen molar-refractivity contribution in [2.75, 3.05) is 13.1 Å². The Bertz CT molecular complexity index is 812. The van der Waals surface area contributed by atoms with Gasteiger partial charge in [0.25, 0.3) is 5.91 Å². The van der Waals surface area contributed by atoms with Gasteiger partial charge in [-0.15, -0.1) is 0 Å². The van der Waals surface area contributed by atoms with Crippen molar-refractivity contribution in [1.82, 2.24) is 10.2 Å². The minimum atomic E-state index is -0.132. The number of carbonyl (C=O) groups is 2. The van der Waals surface area contributed by atoms with Crippen LogP contribution in [0.15, 0.2) is 18.2 Å². The maximum atomic E-state index is 13.1. The summed E-state index contributed by atoms with van der Waals surface area (Å²) in [6.07, 6.45) is 10.4. The Balaban J connectivity index is 1.13. The molecule has 0 atom stereocenters. The zero-order valence-electron chi connectivity index (χ0n) is 17.3. The van der Waals surface area contributed by atoms with E-state index in [2.05, 4.69) is 5.32 Å². The quantitative estimate of drug-likeness (QED) is 0.677. The molecule has 6 heteroatoms. The summed E-state index contributed by atoms with van der Waals surface area (Å²) in [4.78, 5) is 27.7. The molecule has 1 aliphatic heterocycles. The number of carbonyl (C=O) groups excluding carboxylic acids is 2. The Labute approximate surface area is 188 Å². The average Bonchev–Trinajstić information content (AvgIpc) is 2.69. The van der Waals surface area contributed by atoms with Crippen molar-refractivity contribution in [2.24, 2.45) is 23.2 Å². The van der Waals surface area contributed by atoms with Gasteiger partial charge in [-0.25, -0.2) is 0 Å². The van der Waals surface area contributed by atoms with Gasteiger partial charge >= 0.3 is 0 Å². The highest BCUT2D eigenvalue weighted by Gasteiger charge is 2.51. The molecule has 5 fully saturated rings. The van der Waals surface area contributed by atoms with Crippen LogP contribution in [-0.4, -0.2) is 35.8 Å². The fourth-order valence-electron chi connectivity index (χ4n) is 7.12. The van der Waals surface area contributed by atoms with E-state index in [1.165, 1.54) is 38.5 Å². The van der Waals surface area contributed by atoms with Gasteiger partial charge < -0.3 is 10.2 Å². The second kappa shape index (κ2) is 8.02. The van der Waals surface area contributed by atoms with Crippen LogP contribution in [0.1, 0.15) is 68.1 Å². The average molecular weight is 449 g/mol. The normalized spacial score (nSPS) is 33.0. The van der Waals surface area contributed by atoms with E-state index >= 15 is 0 Å². The van der Waals surface area contributed by atoms with Crippen molar-refractivity contribution < 1.29 is 9.59 Å². The summed E-state index contributed by atoms with van der Waals surface area (Å²) in [5.74, 6) is 2.85. The summed E-state index contributed by atoms with van der Waals surface area (Å²) in [6, 6.07) is 5.03. The number of rotatable bonds is 4. The molecule has 6 rings (SSSR count). The summed E-state index contributed by atoms with van der Waals surface area (Å²) in [5, 5.41) is 3.92. The number of hydrogen-bond donors (Lipinski definition) is 1. The number of halogens is 2. The molecule has 4 nitrogen and oxygen atoms in total. The molecule has 4 bridgehead atoms. The third kappa shape index (κ3) is 4.10. The minimum absolute atomic E-state index is 0.0931. The van der Waals surface area contributed by atoms with Crippen LogP contribution in [0.5, 0.6) is 0 Å². The van der Waals surface area contributed by atoms with Crippen LogP contribution in [0.2, 0.25) is 10.0 Å². The first-order valence-electron chi connectivity index (χ1n) is 11.4. The van der Waals surface area contributed by atoms with Gasteiger partial charge in [-0.1, -0.05) is 23.2 Å². The predicted octanol–water partition coefficient (Wildman–Crippen LogP) is 5.32. The number of piperidine rings is 1. The summed E-state index contributed by atoms with van der Waals surface area (Å²) < 4.78 is 0. The minimum Gasteiger partial charge on any atom is -0.349 e. The van der Waals surface area contributed by atoms with Gasteiger partial charge in [-0.3, -0.25) is 9.59 Å². The molecular weight excluding hydrogens is 419 g/mol. The monoisotopic (exact) mass is 448 g/mol. The van der Waals surface area contributed by atoms with E-state index < -0.39 is 0 Å². The zero-order valence-corrected chi connectivity index (χ0v) is 18.9. The van der Waals surface area contributed by atoms with Crippen LogP contribution in [-0.2, 0) is 4.79 Å². The fourth-order valence-corrected chi connectivity index (χ4v) is 7.42. The SMILES string of the molecule is O=C(NC1CCN(C(=O)CC23CC4CC(CC(C4)C2)C3)CC1)c1ccc(Cl)c(Cl)c1. The Kier molecular flexibility index (Phi) is 5.51. The molecule has 4 saturated carbocycles. The molecule has 162 valence electrons. The Hall–Kier alpha value is -1.26. The number of amides is 2. The Morgan fingerprint density at radius 3 is 2.13 bits per heavy atom. The van der Waals surface area contributed by atoms with Gasteiger partial charge in [0.1, 0.15) is 0 Å². The first-order chi connectivity index (χ1) is 14.4. The fraction of sp³-hybridized carbons (Fsp3) is 0.667. The highest BCUT2D eigenvalue weighted by molar-refractivity contribution is 6.42. The number of nitrogens with zero attached hydrogens (tertiary/aromatic N) is 1. The van der Waals surface area contributed by atoms with E-state index in [-0.39, 0.29) is 11.9 Å². The van der Waals surface area contributed by atoms with Gasteiger partial charge in [-0.2, -0.15) is 0 Å². The highest BCUT2D eigenvalue weighted by atomic mass is 35.5. The van der Waals surface area contributed by atoms with E-state index in [4.69, 9.17) is 23.2 Å². The summed E-state index contributed by atoms with van der Waals surface area (Å²) in [7, 11) is 0. The van der Waals surface area contributed by atoms with E-state index in [1.54, 1.807) is 18.2 Å². The van der Waals surface area contributed by atoms with E-state index in [9.17, 15) is 9.59 Å². The lowest BCUT2D eigenvalue weighted by Gasteiger charge is -2.57. The van der Waals surface area contributed by atoms with Crippen molar-refractivity contribution in [2.45, 2.75) is 63.8 Å².